The van der Waals surface area contributed by atoms with Crippen molar-refractivity contribution in [2.45, 2.75) is 26.4 Å². The van der Waals surface area contributed by atoms with Gasteiger partial charge in [0.2, 0.25) is 0 Å². The highest BCUT2D eigenvalue weighted by molar-refractivity contribution is 6.00. The molecule has 8 heteroatoms. The van der Waals surface area contributed by atoms with E-state index >= 15 is 0 Å². The number of ether oxygens (including phenoxy) is 1. The molecule has 21 heavy (non-hydrogen) atoms. The van der Waals surface area contributed by atoms with Crippen molar-refractivity contribution in [3.63, 3.8) is 0 Å². The van der Waals surface area contributed by atoms with E-state index in [1.54, 1.807) is 20.8 Å². The van der Waals surface area contributed by atoms with E-state index in [1.165, 1.54) is 7.05 Å². The van der Waals surface area contributed by atoms with Gasteiger partial charge in [0, 0.05) is 19.2 Å². The number of nitrogens with zero attached hydrogens (tertiary/aromatic N) is 2. The van der Waals surface area contributed by atoms with E-state index in [2.05, 4.69) is 0 Å². The van der Waals surface area contributed by atoms with Crippen LogP contribution in [-0.2, 0) is 4.74 Å². The molecule has 0 radical (unpaired) electrons. The summed E-state index contributed by atoms with van der Waals surface area (Å²) in [5.74, 6) is -1.30. The summed E-state index contributed by atoms with van der Waals surface area (Å²) in [6.45, 7) is 4.97. The van der Waals surface area contributed by atoms with E-state index in [-0.39, 0.29) is 16.9 Å². The third kappa shape index (κ3) is 4.16. The summed E-state index contributed by atoms with van der Waals surface area (Å²) >= 11 is 0. The van der Waals surface area contributed by atoms with Gasteiger partial charge in [0.25, 0.3) is 5.69 Å². The summed E-state index contributed by atoms with van der Waals surface area (Å²) in [5, 5.41) is 19.9. The average Bonchev–Trinajstić information content (AvgIpc) is 2.34. The van der Waals surface area contributed by atoms with Crippen LogP contribution in [0.4, 0.5) is 16.2 Å². The number of carboxylic acids is 1. The van der Waals surface area contributed by atoms with Gasteiger partial charge >= 0.3 is 12.1 Å². The highest BCUT2D eigenvalue weighted by Crippen LogP contribution is 2.26. The van der Waals surface area contributed by atoms with Crippen LogP contribution in [0.3, 0.4) is 0 Å². The van der Waals surface area contributed by atoms with Crippen molar-refractivity contribution in [1.82, 2.24) is 0 Å². The standard InChI is InChI=1S/C13H16N2O6/c1-13(2,3)21-12(18)14(4)10-7-8(15(19)20)5-6-9(10)11(16)17/h5-7H,1-4H3,(H,16,17). The fraction of sp³-hybridized carbons (Fsp3) is 0.385. The lowest BCUT2D eigenvalue weighted by Gasteiger charge is -2.25. The lowest BCUT2D eigenvalue weighted by Crippen LogP contribution is -2.35. The summed E-state index contributed by atoms with van der Waals surface area (Å²) in [6.07, 6.45) is -0.800. The molecule has 1 aromatic rings. The number of nitro benzene ring substituents is 1. The number of rotatable bonds is 3. The molecule has 0 spiro atoms. The molecule has 1 rings (SSSR count). The van der Waals surface area contributed by atoms with E-state index in [0.717, 1.165) is 23.1 Å². The molecule has 0 aliphatic rings. The molecule has 114 valence electrons. The van der Waals surface area contributed by atoms with Crippen molar-refractivity contribution >= 4 is 23.4 Å². The summed E-state index contributed by atoms with van der Waals surface area (Å²) in [4.78, 5) is 34.2. The van der Waals surface area contributed by atoms with Gasteiger partial charge in [-0.2, -0.15) is 0 Å². The Morgan fingerprint density at radius 3 is 2.33 bits per heavy atom. The van der Waals surface area contributed by atoms with Crippen LogP contribution in [0.5, 0.6) is 0 Å². The minimum atomic E-state index is -1.30. The number of benzene rings is 1. The monoisotopic (exact) mass is 296 g/mol. The molecule has 1 amide bonds. The fourth-order valence-corrected chi connectivity index (χ4v) is 1.52. The second-order valence-corrected chi connectivity index (χ2v) is 5.30. The molecule has 0 aliphatic carbocycles. The third-order valence-electron chi connectivity index (χ3n) is 2.45. The normalized spacial score (nSPS) is 10.9. The zero-order chi connectivity index (χ0) is 16.4. The molecule has 8 nitrogen and oxygen atoms in total. The Hall–Kier alpha value is -2.64. The lowest BCUT2D eigenvalue weighted by atomic mass is 10.1. The first-order chi connectivity index (χ1) is 9.53. The largest absolute Gasteiger partial charge is 0.478 e. The van der Waals surface area contributed by atoms with E-state index in [0.29, 0.717) is 0 Å². The minimum Gasteiger partial charge on any atom is -0.478 e. The van der Waals surface area contributed by atoms with E-state index in [4.69, 9.17) is 9.84 Å². The Kier molecular flexibility index (Phi) is 4.52. The van der Waals surface area contributed by atoms with Crippen LogP contribution in [0.25, 0.3) is 0 Å². The number of carbonyl (C=O) groups excluding carboxylic acids is 1. The van der Waals surface area contributed by atoms with E-state index in [9.17, 15) is 19.7 Å². The number of hydrogen-bond acceptors (Lipinski definition) is 5. The van der Waals surface area contributed by atoms with Gasteiger partial charge in [-0.3, -0.25) is 15.0 Å². The second kappa shape index (κ2) is 5.78. The van der Waals surface area contributed by atoms with Crippen molar-refractivity contribution in [2.75, 3.05) is 11.9 Å². The Bertz CT molecular complexity index is 591. The first-order valence-corrected chi connectivity index (χ1v) is 6.01. The Morgan fingerprint density at radius 1 is 1.33 bits per heavy atom. The summed E-state index contributed by atoms with van der Waals surface area (Å²) in [7, 11) is 1.29. The van der Waals surface area contributed by atoms with Crippen LogP contribution in [0.1, 0.15) is 31.1 Å². The fourth-order valence-electron chi connectivity index (χ4n) is 1.52. The van der Waals surface area contributed by atoms with Crippen molar-refractivity contribution < 1.29 is 24.4 Å². The number of anilines is 1. The molecule has 0 aliphatic heterocycles. The van der Waals surface area contributed by atoms with E-state index < -0.39 is 22.6 Å². The van der Waals surface area contributed by atoms with Gasteiger partial charge in [-0.25, -0.2) is 9.59 Å². The van der Waals surface area contributed by atoms with Crippen molar-refractivity contribution in [1.29, 1.82) is 0 Å². The predicted octanol–water partition coefficient (Wildman–Crippen LogP) is 2.66. The number of carboxylic acid groups (broad SMARTS) is 1. The predicted molar refractivity (Wildman–Crippen MR) is 74.7 cm³/mol. The maximum absolute atomic E-state index is 12.0. The molecule has 0 heterocycles. The lowest BCUT2D eigenvalue weighted by molar-refractivity contribution is -0.384. The summed E-state index contributed by atoms with van der Waals surface area (Å²) < 4.78 is 5.11. The van der Waals surface area contributed by atoms with Crippen LogP contribution in [0.15, 0.2) is 18.2 Å². The molecule has 0 saturated heterocycles. The van der Waals surface area contributed by atoms with Gasteiger partial charge in [0.1, 0.15) is 5.60 Å². The van der Waals surface area contributed by atoms with Crippen LogP contribution < -0.4 is 4.90 Å². The SMILES string of the molecule is CN(C(=O)OC(C)(C)C)c1cc([N+](=O)[O-])ccc1C(=O)O. The second-order valence-electron chi connectivity index (χ2n) is 5.30. The molecule has 1 N–H and O–H groups in total. The van der Waals surface area contributed by atoms with Crippen molar-refractivity contribution in [3.05, 3.63) is 33.9 Å². The number of hydrogen-bond donors (Lipinski definition) is 1. The Morgan fingerprint density at radius 2 is 1.90 bits per heavy atom. The first-order valence-electron chi connectivity index (χ1n) is 6.01. The van der Waals surface area contributed by atoms with Gasteiger partial charge in [-0.05, 0) is 26.8 Å². The zero-order valence-corrected chi connectivity index (χ0v) is 12.1. The Balaban J connectivity index is 3.25. The zero-order valence-electron chi connectivity index (χ0n) is 12.1. The molecule has 1 aromatic carbocycles. The van der Waals surface area contributed by atoms with Crippen LogP contribution in [0.2, 0.25) is 0 Å². The molecule has 0 bridgehead atoms. The van der Waals surface area contributed by atoms with Crippen LogP contribution >= 0.6 is 0 Å². The minimum absolute atomic E-state index is 0.106. The van der Waals surface area contributed by atoms with Gasteiger partial charge in [-0.1, -0.05) is 0 Å². The van der Waals surface area contributed by atoms with Gasteiger partial charge < -0.3 is 9.84 Å². The van der Waals surface area contributed by atoms with Crippen molar-refractivity contribution in [3.8, 4) is 0 Å². The quantitative estimate of drug-likeness (QED) is 0.678. The van der Waals surface area contributed by atoms with Crippen LogP contribution in [0, 0.1) is 10.1 Å². The smallest absolute Gasteiger partial charge is 0.414 e. The van der Waals surface area contributed by atoms with Gasteiger partial charge in [0.05, 0.1) is 16.2 Å². The molecule has 0 atom stereocenters. The Labute approximate surface area is 121 Å². The number of carbonyl (C=O) groups is 2. The molecule has 0 saturated carbocycles. The number of nitro groups is 1. The van der Waals surface area contributed by atoms with Gasteiger partial charge in [0.15, 0.2) is 0 Å². The maximum Gasteiger partial charge on any atom is 0.414 e. The molecule has 0 aromatic heterocycles. The highest BCUT2D eigenvalue weighted by atomic mass is 16.6. The summed E-state index contributed by atoms with van der Waals surface area (Å²) in [5.41, 5.74) is -1.42. The molecular formula is C13H16N2O6. The van der Waals surface area contributed by atoms with Gasteiger partial charge in [-0.15, -0.1) is 0 Å². The average molecular weight is 296 g/mol. The third-order valence-corrected chi connectivity index (χ3v) is 2.45. The van der Waals surface area contributed by atoms with Crippen LogP contribution in [-0.4, -0.2) is 34.7 Å². The topological polar surface area (TPSA) is 110 Å². The molecule has 0 unspecified atom stereocenters. The summed E-state index contributed by atoms with van der Waals surface area (Å²) in [6, 6.07) is 3.17. The first kappa shape index (κ1) is 16.4. The molecular weight excluding hydrogens is 280 g/mol. The van der Waals surface area contributed by atoms with Crippen molar-refractivity contribution in [2.24, 2.45) is 0 Å². The number of non-ortho nitro benzene ring substituents is 1. The van der Waals surface area contributed by atoms with E-state index in [1.807, 2.05) is 0 Å². The highest BCUT2D eigenvalue weighted by Gasteiger charge is 2.25. The maximum atomic E-state index is 12.0. The number of amides is 1. The number of aromatic carboxylic acids is 1. The molecule has 0 fully saturated rings.